The zero-order chi connectivity index (χ0) is 22.9. The lowest BCUT2D eigenvalue weighted by Gasteiger charge is -2.17. The van der Waals surface area contributed by atoms with Crippen LogP contribution in [0.1, 0.15) is 18.1 Å². The third kappa shape index (κ3) is 5.79. The fourth-order valence-electron chi connectivity index (χ4n) is 2.28. The van der Waals surface area contributed by atoms with Gasteiger partial charge in [0, 0.05) is 17.0 Å². The molecule has 2 aromatic carbocycles. The molecule has 0 aliphatic carbocycles. The van der Waals surface area contributed by atoms with E-state index in [1.165, 1.54) is 13.0 Å². The van der Waals surface area contributed by atoms with Gasteiger partial charge in [-0.2, -0.15) is 26.3 Å². The van der Waals surface area contributed by atoms with E-state index in [9.17, 15) is 41.3 Å². The molecule has 0 fully saturated rings. The Kier molecular flexibility index (Phi) is 6.92. The SMILES string of the molecule is C[C@H](Sc1ccc(Cl)c(C(F)(F)F)c1)C(=O)Nc1ccc([N+](=O)[O-])cc1C(F)(F)F. The second-order valence-corrected chi connectivity index (χ2v) is 7.69. The van der Waals surface area contributed by atoms with Gasteiger partial charge in [-0.05, 0) is 31.2 Å². The Balaban J connectivity index is 2.24. The fourth-order valence-corrected chi connectivity index (χ4v) is 3.41. The van der Waals surface area contributed by atoms with Crippen molar-refractivity contribution in [2.24, 2.45) is 0 Å². The number of carbonyl (C=O) groups is 1. The second kappa shape index (κ2) is 8.72. The lowest BCUT2D eigenvalue weighted by atomic mass is 10.1. The van der Waals surface area contributed by atoms with Crippen molar-refractivity contribution in [3.63, 3.8) is 0 Å². The Morgan fingerprint density at radius 3 is 2.20 bits per heavy atom. The van der Waals surface area contributed by atoms with E-state index >= 15 is 0 Å². The largest absolute Gasteiger partial charge is 0.418 e. The van der Waals surface area contributed by atoms with Gasteiger partial charge in [-0.15, -0.1) is 11.8 Å². The summed E-state index contributed by atoms with van der Waals surface area (Å²) < 4.78 is 78.3. The molecule has 1 amide bonds. The van der Waals surface area contributed by atoms with E-state index < -0.39 is 56.0 Å². The molecule has 2 aromatic rings. The molecule has 2 rings (SSSR count). The monoisotopic (exact) mass is 472 g/mol. The molecular formula is C17H11ClF6N2O3S. The lowest BCUT2D eigenvalue weighted by molar-refractivity contribution is -0.385. The maximum Gasteiger partial charge on any atom is 0.418 e. The van der Waals surface area contributed by atoms with E-state index in [0.29, 0.717) is 11.8 Å². The summed E-state index contributed by atoms with van der Waals surface area (Å²) in [6, 6.07) is 4.76. The van der Waals surface area contributed by atoms with Gasteiger partial charge >= 0.3 is 12.4 Å². The first kappa shape index (κ1) is 23.8. The normalized spacial score (nSPS) is 13.1. The van der Waals surface area contributed by atoms with Crippen LogP contribution in [0.5, 0.6) is 0 Å². The van der Waals surface area contributed by atoms with Crippen LogP contribution in [-0.4, -0.2) is 16.1 Å². The standard InChI is InChI=1S/C17H11ClF6N2O3S/c1-8(30-10-3-4-13(18)11(7-10)16(19,20)21)15(27)25-14-5-2-9(26(28)29)6-12(14)17(22,23)24/h2-8H,1H3,(H,25,27)/t8-/m0/s1. The average Bonchev–Trinajstić information content (AvgIpc) is 2.61. The number of hydrogen-bond acceptors (Lipinski definition) is 4. The number of rotatable bonds is 5. The second-order valence-electron chi connectivity index (χ2n) is 5.87. The van der Waals surface area contributed by atoms with E-state index in [4.69, 9.17) is 11.6 Å². The molecule has 0 saturated carbocycles. The Morgan fingerprint density at radius 1 is 1.07 bits per heavy atom. The molecule has 0 heterocycles. The average molecular weight is 473 g/mol. The fraction of sp³-hybridized carbons (Fsp3) is 0.235. The number of anilines is 1. The van der Waals surface area contributed by atoms with Crippen molar-refractivity contribution >= 4 is 40.6 Å². The molecule has 13 heteroatoms. The van der Waals surface area contributed by atoms with Crippen LogP contribution in [0.3, 0.4) is 0 Å². The number of non-ortho nitro benzene ring substituents is 1. The first-order valence-corrected chi connectivity index (χ1v) is 9.16. The Bertz CT molecular complexity index is 981. The van der Waals surface area contributed by atoms with Crippen molar-refractivity contribution in [3.8, 4) is 0 Å². The van der Waals surface area contributed by atoms with Gasteiger partial charge in [-0.25, -0.2) is 0 Å². The third-order valence-electron chi connectivity index (χ3n) is 3.70. The summed E-state index contributed by atoms with van der Waals surface area (Å²) in [4.78, 5) is 22.0. The number of hydrogen-bond donors (Lipinski definition) is 1. The Morgan fingerprint density at radius 2 is 1.67 bits per heavy atom. The van der Waals surface area contributed by atoms with Crippen molar-refractivity contribution in [2.75, 3.05) is 5.32 Å². The number of nitrogens with zero attached hydrogens (tertiary/aromatic N) is 1. The highest BCUT2D eigenvalue weighted by Gasteiger charge is 2.36. The van der Waals surface area contributed by atoms with Crippen molar-refractivity contribution in [2.45, 2.75) is 29.4 Å². The van der Waals surface area contributed by atoms with Gasteiger partial charge in [-0.3, -0.25) is 14.9 Å². The predicted octanol–water partition coefficient (Wildman–Crippen LogP) is 6.41. The van der Waals surface area contributed by atoms with Crippen LogP contribution in [-0.2, 0) is 17.1 Å². The molecule has 0 unspecified atom stereocenters. The van der Waals surface area contributed by atoms with E-state index in [-0.39, 0.29) is 11.0 Å². The summed E-state index contributed by atoms with van der Waals surface area (Å²) in [6.45, 7) is 1.28. The number of alkyl halides is 6. The number of nitro groups is 1. The predicted molar refractivity (Wildman–Crippen MR) is 98.5 cm³/mol. The maximum absolute atomic E-state index is 13.2. The molecule has 0 bridgehead atoms. The molecule has 1 atom stereocenters. The van der Waals surface area contributed by atoms with Crippen LogP contribution >= 0.6 is 23.4 Å². The van der Waals surface area contributed by atoms with Gasteiger partial charge in [0.2, 0.25) is 5.91 Å². The smallest absolute Gasteiger partial charge is 0.325 e. The molecule has 0 saturated heterocycles. The minimum Gasteiger partial charge on any atom is -0.325 e. The molecule has 0 radical (unpaired) electrons. The lowest BCUT2D eigenvalue weighted by Crippen LogP contribution is -2.24. The first-order valence-electron chi connectivity index (χ1n) is 7.90. The van der Waals surface area contributed by atoms with E-state index in [1.807, 2.05) is 5.32 Å². The summed E-state index contributed by atoms with van der Waals surface area (Å²) in [5.74, 6) is -0.942. The Labute approximate surface area is 174 Å². The number of thioether (sulfide) groups is 1. The topological polar surface area (TPSA) is 72.2 Å². The molecule has 0 aliphatic heterocycles. The van der Waals surface area contributed by atoms with Crippen LogP contribution in [0.15, 0.2) is 41.3 Å². The highest BCUT2D eigenvalue weighted by molar-refractivity contribution is 8.00. The summed E-state index contributed by atoms with van der Waals surface area (Å²) >= 11 is 6.19. The van der Waals surface area contributed by atoms with Gasteiger partial charge in [0.15, 0.2) is 0 Å². The summed E-state index contributed by atoms with van der Waals surface area (Å²) in [6.07, 6.45) is -9.71. The maximum atomic E-state index is 13.2. The minimum atomic E-state index is -4.98. The number of carbonyl (C=O) groups excluding carboxylic acids is 1. The van der Waals surface area contributed by atoms with E-state index in [2.05, 4.69) is 0 Å². The van der Waals surface area contributed by atoms with Gasteiger partial charge < -0.3 is 5.32 Å². The summed E-state index contributed by atoms with van der Waals surface area (Å²) in [5, 5.41) is 11.1. The quantitative estimate of drug-likeness (QED) is 0.236. The summed E-state index contributed by atoms with van der Waals surface area (Å²) in [7, 11) is 0. The zero-order valence-electron chi connectivity index (χ0n) is 14.8. The third-order valence-corrected chi connectivity index (χ3v) is 5.13. The van der Waals surface area contributed by atoms with Gasteiger partial charge in [0.1, 0.15) is 0 Å². The van der Waals surface area contributed by atoms with Crippen LogP contribution < -0.4 is 5.32 Å². The summed E-state index contributed by atoms with van der Waals surface area (Å²) in [5.41, 5.74) is -4.06. The van der Waals surface area contributed by atoms with E-state index in [1.54, 1.807) is 0 Å². The molecule has 162 valence electrons. The van der Waals surface area contributed by atoms with Crippen LogP contribution in [0.4, 0.5) is 37.7 Å². The Hall–Kier alpha value is -2.47. The number of nitrogens with one attached hydrogen (secondary N) is 1. The van der Waals surface area contributed by atoms with Gasteiger partial charge in [-0.1, -0.05) is 11.6 Å². The molecular weight excluding hydrogens is 462 g/mol. The number of halogens is 7. The molecule has 30 heavy (non-hydrogen) atoms. The van der Waals surface area contributed by atoms with Crippen LogP contribution in [0.25, 0.3) is 0 Å². The molecule has 5 nitrogen and oxygen atoms in total. The zero-order valence-corrected chi connectivity index (χ0v) is 16.3. The number of nitro benzene ring substituents is 1. The number of amides is 1. The van der Waals surface area contributed by atoms with Crippen LogP contribution in [0, 0.1) is 10.1 Å². The van der Waals surface area contributed by atoms with Crippen molar-refractivity contribution < 1.29 is 36.1 Å². The minimum absolute atomic E-state index is 0.0223. The molecule has 0 aliphatic rings. The first-order chi connectivity index (χ1) is 13.7. The van der Waals surface area contributed by atoms with Crippen molar-refractivity contribution in [3.05, 3.63) is 62.7 Å². The molecule has 1 N–H and O–H groups in total. The molecule has 0 aromatic heterocycles. The highest BCUT2D eigenvalue weighted by Crippen LogP contribution is 2.39. The van der Waals surface area contributed by atoms with Crippen LogP contribution in [0.2, 0.25) is 5.02 Å². The van der Waals surface area contributed by atoms with Crippen molar-refractivity contribution in [1.82, 2.24) is 0 Å². The molecule has 0 spiro atoms. The van der Waals surface area contributed by atoms with Crippen molar-refractivity contribution in [1.29, 1.82) is 0 Å². The van der Waals surface area contributed by atoms with Gasteiger partial charge in [0.25, 0.3) is 5.69 Å². The van der Waals surface area contributed by atoms with E-state index in [0.717, 1.165) is 24.3 Å². The number of benzene rings is 2. The highest BCUT2D eigenvalue weighted by atomic mass is 35.5. The van der Waals surface area contributed by atoms with Gasteiger partial charge in [0.05, 0.1) is 32.0 Å².